The van der Waals surface area contributed by atoms with Gasteiger partial charge >= 0.3 is 5.97 Å². The van der Waals surface area contributed by atoms with E-state index < -0.39 is 22.2 Å². The van der Waals surface area contributed by atoms with Crippen molar-refractivity contribution in [1.82, 2.24) is 0 Å². The molecule has 0 spiro atoms. The van der Waals surface area contributed by atoms with Gasteiger partial charge in [0.05, 0.1) is 11.0 Å². The number of benzene rings is 5. The smallest absolute Gasteiger partial charge is 0.343 e. The first kappa shape index (κ1) is 35.5. The van der Waals surface area contributed by atoms with Gasteiger partial charge in [0, 0.05) is 22.0 Å². The van der Waals surface area contributed by atoms with Crippen molar-refractivity contribution < 1.29 is 23.9 Å². The van der Waals surface area contributed by atoms with Gasteiger partial charge in [0.1, 0.15) is 17.1 Å². The first-order valence-corrected chi connectivity index (χ1v) is 17.5. The van der Waals surface area contributed by atoms with Gasteiger partial charge in [-0.25, -0.2) is 4.79 Å². The zero-order chi connectivity index (χ0) is 36.9. The number of esters is 1. The number of carbonyl (C=O) groups is 3. The number of rotatable bonds is 7. The molecule has 5 aromatic carbocycles. The Bertz CT molecular complexity index is 2040. The van der Waals surface area contributed by atoms with Gasteiger partial charge in [-0.15, -0.1) is 0 Å². The van der Waals surface area contributed by atoms with E-state index in [1.54, 1.807) is 18.2 Å². The SMILES string of the molecule is CC(C)(C)Oc1ccc(C2(c3ccc(OC(=O)c4cc(C(=O)C(C)(C)C)cc(C(=O)C(C)(C)C)c4)cc3)c3ccccc3-c3ccccc32)cc1. The summed E-state index contributed by atoms with van der Waals surface area (Å²) in [5.74, 6) is 0.178. The number of ether oxygens (including phenoxy) is 2. The van der Waals surface area contributed by atoms with Crippen LogP contribution < -0.4 is 9.47 Å². The Kier molecular flexibility index (Phi) is 8.91. The van der Waals surface area contributed by atoms with E-state index in [4.69, 9.17) is 9.47 Å². The lowest BCUT2D eigenvalue weighted by atomic mass is 9.68. The van der Waals surface area contributed by atoms with Crippen LogP contribution in [-0.4, -0.2) is 23.1 Å². The average molecular weight is 679 g/mol. The first-order valence-electron chi connectivity index (χ1n) is 17.5. The molecule has 0 atom stereocenters. The molecule has 260 valence electrons. The van der Waals surface area contributed by atoms with E-state index >= 15 is 0 Å². The van der Waals surface area contributed by atoms with Crippen molar-refractivity contribution in [1.29, 1.82) is 0 Å². The van der Waals surface area contributed by atoms with E-state index in [0.29, 0.717) is 16.9 Å². The number of hydrogen-bond donors (Lipinski definition) is 0. The molecule has 0 heterocycles. The zero-order valence-corrected chi connectivity index (χ0v) is 31.0. The normalized spacial score (nSPS) is 13.6. The topological polar surface area (TPSA) is 69.7 Å². The Labute approximate surface area is 301 Å². The molecule has 0 saturated heterocycles. The molecule has 0 N–H and O–H groups in total. The zero-order valence-electron chi connectivity index (χ0n) is 31.0. The number of carbonyl (C=O) groups excluding carboxylic acids is 3. The van der Waals surface area contributed by atoms with Crippen LogP contribution in [0.25, 0.3) is 11.1 Å². The lowest BCUT2D eigenvalue weighted by Gasteiger charge is -2.34. The fourth-order valence-electron chi connectivity index (χ4n) is 6.96. The molecule has 0 aromatic heterocycles. The standard InChI is InChI=1S/C46H46O5/c1-43(2,3)40(47)29-26-30(41(48)44(4,5)6)28-31(27-29)42(49)50-34-22-18-32(19-23-34)46(33-20-24-35(25-21-33)51-45(7,8)9)38-16-12-10-14-36(38)37-15-11-13-17-39(37)46/h10-28H,1-9H3. The summed E-state index contributed by atoms with van der Waals surface area (Å²) in [6.45, 7) is 17.0. The molecule has 0 fully saturated rings. The van der Waals surface area contributed by atoms with Crippen molar-refractivity contribution in [3.8, 4) is 22.6 Å². The number of ketones is 2. The van der Waals surface area contributed by atoms with E-state index in [0.717, 1.165) is 28.0 Å². The van der Waals surface area contributed by atoms with Crippen LogP contribution in [0, 0.1) is 10.8 Å². The molecule has 0 bridgehead atoms. The van der Waals surface area contributed by atoms with Crippen molar-refractivity contribution in [2.24, 2.45) is 10.8 Å². The first-order chi connectivity index (χ1) is 23.9. The third-order valence-corrected chi connectivity index (χ3v) is 9.22. The van der Waals surface area contributed by atoms with Gasteiger partial charge < -0.3 is 9.47 Å². The molecule has 5 aromatic rings. The van der Waals surface area contributed by atoms with E-state index in [1.165, 1.54) is 23.3 Å². The van der Waals surface area contributed by atoms with Crippen molar-refractivity contribution in [3.05, 3.63) is 154 Å². The molecule has 0 radical (unpaired) electrons. The monoisotopic (exact) mass is 678 g/mol. The van der Waals surface area contributed by atoms with Crippen LogP contribution in [0.5, 0.6) is 11.5 Å². The molecular weight excluding hydrogens is 633 g/mol. The third-order valence-electron chi connectivity index (χ3n) is 9.22. The highest BCUT2D eigenvalue weighted by Gasteiger charge is 2.46. The molecule has 6 rings (SSSR count). The second-order valence-corrected chi connectivity index (χ2v) is 16.5. The van der Waals surface area contributed by atoms with Gasteiger partial charge in [-0.05, 0) is 96.6 Å². The molecule has 0 aliphatic heterocycles. The van der Waals surface area contributed by atoms with E-state index in [-0.39, 0.29) is 22.7 Å². The highest BCUT2D eigenvalue weighted by molar-refractivity contribution is 6.07. The molecule has 5 heteroatoms. The van der Waals surface area contributed by atoms with Crippen LogP contribution in [0.15, 0.2) is 115 Å². The summed E-state index contributed by atoms with van der Waals surface area (Å²) in [5, 5.41) is 0. The second-order valence-electron chi connectivity index (χ2n) is 16.5. The highest BCUT2D eigenvalue weighted by Crippen LogP contribution is 2.56. The summed E-state index contributed by atoms with van der Waals surface area (Å²) in [5.41, 5.74) is 5.16. The Hall–Kier alpha value is -5.29. The fraction of sp³-hybridized carbons (Fsp3) is 0.283. The Balaban J connectivity index is 1.41. The highest BCUT2D eigenvalue weighted by atomic mass is 16.5. The van der Waals surface area contributed by atoms with E-state index in [9.17, 15) is 14.4 Å². The summed E-state index contributed by atoms with van der Waals surface area (Å²) >= 11 is 0. The predicted octanol–water partition coefficient (Wildman–Crippen LogP) is 10.9. The summed E-state index contributed by atoms with van der Waals surface area (Å²) in [7, 11) is 0. The molecule has 0 unspecified atom stereocenters. The van der Waals surface area contributed by atoms with Crippen molar-refractivity contribution in [2.75, 3.05) is 0 Å². The molecule has 51 heavy (non-hydrogen) atoms. The summed E-state index contributed by atoms with van der Waals surface area (Å²) in [4.78, 5) is 40.3. The Morgan fingerprint density at radius 1 is 0.490 bits per heavy atom. The summed E-state index contributed by atoms with van der Waals surface area (Å²) in [6.07, 6.45) is 0. The minimum Gasteiger partial charge on any atom is -0.488 e. The molecular formula is C46H46O5. The van der Waals surface area contributed by atoms with Crippen LogP contribution in [0.3, 0.4) is 0 Å². The molecule has 1 aliphatic rings. The number of Topliss-reactive ketones (excluding diaryl/α,β-unsaturated/α-hetero) is 2. The van der Waals surface area contributed by atoms with E-state index in [2.05, 4.69) is 60.7 Å². The Morgan fingerprint density at radius 2 is 0.882 bits per heavy atom. The number of fused-ring (bicyclic) bond motifs is 3. The van der Waals surface area contributed by atoms with Crippen molar-refractivity contribution in [3.63, 3.8) is 0 Å². The van der Waals surface area contributed by atoms with Gasteiger partial charge in [0.15, 0.2) is 11.6 Å². The molecule has 1 aliphatic carbocycles. The van der Waals surface area contributed by atoms with Crippen LogP contribution in [-0.2, 0) is 5.41 Å². The summed E-state index contributed by atoms with van der Waals surface area (Å²) < 4.78 is 12.1. The van der Waals surface area contributed by atoms with Crippen LogP contribution in [0.2, 0.25) is 0 Å². The minimum absolute atomic E-state index is 0.148. The van der Waals surface area contributed by atoms with E-state index in [1.807, 2.05) is 86.6 Å². The fourth-order valence-corrected chi connectivity index (χ4v) is 6.96. The molecule has 0 saturated carbocycles. The lowest BCUT2D eigenvalue weighted by molar-refractivity contribution is 0.0734. The maximum absolute atomic E-state index is 13.7. The van der Waals surface area contributed by atoms with Crippen LogP contribution in [0.1, 0.15) is 116 Å². The maximum Gasteiger partial charge on any atom is 0.343 e. The third kappa shape index (κ3) is 6.78. The average Bonchev–Trinajstić information content (AvgIpc) is 3.37. The van der Waals surface area contributed by atoms with Gasteiger partial charge in [-0.2, -0.15) is 0 Å². The second kappa shape index (κ2) is 12.8. The quantitative estimate of drug-likeness (QED) is 0.0955. The molecule has 5 nitrogen and oxygen atoms in total. The lowest BCUT2D eigenvalue weighted by Crippen LogP contribution is -2.28. The molecule has 0 amide bonds. The van der Waals surface area contributed by atoms with Crippen LogP contribution >= 0.6 is 0 Å². The van der Waals surface area contributed by atoms with Crippen molar-refractivity contribution >= 4 is 17.5 Å². The van der Waals surface area contributed by atoms with Gasteiger partial charge in [-0.3, -0.25) is 9.59 Å². The predicted molar refractivity (Wildman–Crippen MR) is 203 cm³/mol. The van der Waals surface area contributed by atoms with Gasteiger partial charge in [0.2, 0.25) is 0 Å². The van der Waals surface area contributed by atoms with Crippen molar-refractivity contribution in [2.45, 2.75) is 73.3 Å². The Morgan fingerprint density at radius 3 is 1.29 bits per heavy atom. The number of hydrogen-bond acceptors (Lipinski definition) is 5. The largest absolute Gasteiger partial charge is 0.488 e. The summed E-state index contributed by atoms with van der Waals surface area (Å²) in [6, 6.07) is 37.6. The van der Waals surface area contributed by atoms with Crippen LogP contribution in [0.4, 0.5) is 0 Å². The van der Waals surface area contributed by atoms with Gasteiger partial charge in [0.25, 0.3) is 0 Å². The van der Waals surface area contributed by atoms with Gasteiger partial charge in [-0.1, -0.05) is 114 Å². The maximum atomic E-state index is 13.7. The minimum atomic E-state index is -0.701.